The number of carbonyl (C=O) groups is 1. The molecule has 0 radical (unpaired) electrons. The summed E-state index contributed by atoms with van der Waals surface area (Å²) in [6, 6.07) is 0. The largest absolute Gasteiger partial charge is 0.461 e. The molecule has 0 aromatic rings. The smallest absolute Gasteiger partial charge is 0.331 e. The Morgan fingerprint density at radius 3 is 2.50 bits per heavy atom. The fraction of sp³-hybridized carbons (Fsp3) is 0.833. The molecule has 0 aromatic heterocycles. The Morgan fingerprint density at radius 2 is 2.20 bits per heavy atom. The Labute approximate surface area is 58.8 Å². The summed E-state index contributed by atoms with van der Waals surface area (Å²) in [6.45, 7) is 1.57. The summed E-state index contributed by atoms with van der Waals surface area (Å²) < 4.78 is 16.8. The Bertz CT molecular complexity index is 117. The minimum Gasteiger partial charge on any atom is -0.461 e. The van der Waals surface area contributed by atoms with Gasteiger partial charge in [-0.15, -0.1) is 0 Å². The van der Waals surface area contributed by atoms with Crippen LogP contribution in [0.5, 0.6) is 0 Å². The van der Waals surface area contributed by atoms with Crippen molar-refractivity contribution >= 4 is 5.97 Å². The molecule has 0 rings (SSSR count). The van der Waals surface area contributed by atoms with Gasteiger partial charge in [-0.05, 0) is 13.8 Å². The lowest BCUT2D eigenvalue weighted by atomic mass is 10.2. The number of halogens is 1. The summed E-state index contributed by atoms with van der Waals surface area (Å²) in [5.74, 6) is -0.800. The summed E-state index contributed by atoms with van der Waals surface area (Å²) >= 11 is 0. The molecule has 0 heterocycles. The van der Waals surface area contributed by atoms with Crippen molar-refractivity contribution in [3.05, 3.63) is 0 Å². The van der Waals surface area contributed by atoms with E-state index in [0.29, 0.717) is 0 Å². The Morgan fingerprint density at radius 1 is 1.70 bits per heavy atom. The van der Waals surface area contributed by atoms with Crippen molar-refractivity contribution in [1.82, 2.24) is 0 Å². The standard InChI is InChI=1S/C6H11FO3/c1-6(2,7)4-10-5(9)3-8/h8H,3-4H2,1-2H3. The molecule has 0 unspecified atom stereocenters. The molecular weight excluding hydrogens is 139 g/mol. The molecule has 0 aliphatic heterocycles. The van der Waals surface area contributed by atoms with Crippen LogP contribution in [0.3, 0.4) is 0 Å². The van der Waals surface area contributed by atoms with Gasteiger partial charge in [0.15, 0.2) is 0 Å². The van der Waals surface area contributed by atoms with Crippen LogP contribution in [0.2, 0.25) is 0 Å². The molecule has 3 nitrogen and oxygen atoms in total. The predicted octanol–water partition coefficient (Wildman–Crippen LogP) is 0.270. The van der Waals surface area contributed by atoms with Crippen molar-refractivity contribution in [2.75, 3.05) is 13.2 Å². The highest BCUT2D eigenvalue weighted by molar-refractivity contribution is 5.70. The van der Waals surface area contributed by atoms with Crippen molar-refractivity contribution in [1.29, 1.82) is 0 Å². The highest BCUT2D eigenvalue weighted by Gasteiger charge is 2.17. The van der Waals surface area contributed by atoms with Gasteiger partial charge in [0.1, 0.15) is 18.9 Å². The van der Waals surface area contributed by atoms with Crippen LogP contribution < -0.4 is 0 Å². The quantitative estimate of drug-likeness (QED) is 0.587. The van der Waals surface area contributed by atoms with E-state index < -0.39 is 18.2 Å². The Balaban J connectivity index is 3.46. The highest BCUT2D eigenvalue weighted by atomic mass is 19.1. The molecule has 0 fully saturated rings. The van der Waals surface area contributed by atoms with Crippen LogP contribution >= 0.6 is 0 Å². The second-order valence-electron chi connectivity index (χ2n) is 2.54. The van der Waals surface area contributed by atoms with Crippen molar-refractivity contribution < 1.29 is 19.0 Å². The lowest BCUT2D eigenvalue weighted by Crippen LogP contribution is -2.24. The number of alkyl halides is 1. The molecule has 4 heteroatoms. The van der Waals surface area contributed by atoms with Gasteiger partial charge in [0.25, 0.3) is 0 Å². The maximum absolute atomic E-state index is 12.5. The van der Waals surface area contributed by atoms with Gasteiger partial charge < -0.3 is 9.84 Å². The topological polar surface area (TPSA) is 46.5 Å². The van der Waals surface area contributed by atoms with Gasteiger partial charge in [0.05, 0.1) is 0 Å². The maximum atomic E-state index is 12.5. The molecule has 0 spiro atoms. The SMILES string of the molecule is CC(C)(F)COC(=O)CO. The molecule has 0 bridgehead atoms. The number of aliphatic hydroxyl groups is 1. The van der Waals surface area contributed by atoms with Crippen molar-refractivity contribution in [2.45, 2.75) is 19.5 Å². The average molecular weight is 150 g/mol. The second-order valence-corrected chi connectivity index (χ2v) is 2.54. The lowest BCUT2D eigenvalue weighted by Gasteiger charge is -2.12. The van der Waals surface area contributed by atoms with E-state index in [1.54, 1.807) is 0 Å². The third-order valence-corrected chi connectivity index (χ3v) is 0.705. The van der Waals surface area contributed by atoms with Crippen LogP contribution in [0.4, 0.5) is 4.39 Å². The van der Waals surface area contributed by atoms with E-state index in [2.05, 4.69) is 4.74 Å². The van der Waals surface area contributed by atoms with Crippen LogP contribution in [-0.2, 0) is 9.53 Å². The van der Waals surface area contributed by atoms with Crippen LogP contribution in [0.25, 0.3) is 0 Å². The highest BCUT2D eigenvalue weighted by Crippen LogP contribution is 2.07. The van der Waals surface area contributed by atoms with Gasteiger partial charge in [-0.3, -0.25) is 0 Å². The van der Waals surface area contributed by atoms with Gasteiger partial charge in [-0.2, -0.15) is 0 Å². The molecule has 0 aromatic carbocycles. The van der Waals surface area contributed by atoms with Gasteiger partial charge >= 0.3 is 5.97 Å². The van der Waals surface area contributed by atoms with Crippen LogP contribution in [0.15, 0.2) is 0 Å². The van der Waals surface area contributed by atoms with Gasteiger partial charge in [0.2, 0.25) is 0 Å². The summed E-state index contributed by atoms with van der Waals surface area (Å²) in [5.41, 5.74) is -1.52. The minimum absolute atomic E-state index is 0.313. The average Bonchev–Trinajstić information content (AvgIpc) is 1.81. The Kier molecular flexibility index (Phi) is 3.28. The van der Waals surface area contributed by atoms with E-state index >= 15 is 0 Å². The van der Waals surface area contributed by atoms with Crippen LogP contribution in [-0.4, -0.2) is 30.0 Å². The fourth-order valence-corrected chi connectivity index (χ4v) is 0.298. The molecule has 10 heavy (non-hydrogen) atoms. The fourth-order valence-electron chi connectivity index (χ4n) is 0.298. The third-order valence-electron chi connectivity index (χ3n) is 0.705. The first-order valence-electron chi connectivity index (χ1n) is 2.91. The first-order chi connectivity index (χ1) is 4.45. The number of hydrogen-bond donors (Lipinski definition) is 1. The summed E-state index contributed by atoms with van der Waals surface area (Å²) in [5, 5.41) is 8.13. The van der Waals surface area contributed by atoms with Crippen LogP contribution in [0, 0.1) is 0 Å². The predicted molar refractivity (Wildman–Crippen MR) is 33.2 cm³/mol. The first-order valence-corrected chi connectivity index (χ1v) is 2.91. The van der Waals surface area contributed by atoms with Gasteiger partial charge in [0, 0.05) is 0 Å². The van der Waals surface area contributed by atoms with E-state index in [0.717, 1.165) is 0 Å². The molecule has 0 amide bonds. The number of carbonyl (C=O) groups excluding carboxylic acids is 1. The summed E-state index contributed by atoms with van der Waals surface area (Å²) in [7, 11) is 0. The summed E-state index contributed by atoms with van der Waals surface area (Å²) in [4.78, 5) is 10.2. The number of ether oxygens (including phenoxy) is 1. The van der Waals surface area contributed by atoms with Crippen molar-refractivity contribution in [3.63, 3.8) is 0 Å². The third kappa shape index (κ3) is 5.50. The molecular formula is C6H11FO3. The van der Waals surface area contributed by atoms with E-state index in [1.165, 1.54) is 13.8 Å². The minimum atomic E-state index is -1.52. The number of esters is 1. The zero-order valence-electron chi connectivity index (χ0n) is 6.06. The van der Waals surface area contributed by atoms with E-state index in [1.807, 2.05) is 0 Å². The molecule has 1 N–H and O–H groups in total. The Hall–Kier alpha value is -0.640. The first kappa shape index (κ1) is 9.36. The monoisotopic (exact) mass is 150 g/mol. The zero-order valence-corrected chi connectivity index (χ0v) is 6.06. The molecule has 60 valence electrons. The molecule has 0 aliphatic rings. The zero-order chi connectivity index (χ0) is 8.20. The van der Waals surface area contributed by atoms with Crippen molar-refractivity contribution in [3.8, 4) is 0 Å². The van der Waals surface area contributed by atoms with Gasteiger partial charge in [-0.25, -0.2) is 9.18 Å². The second kappa shape index (κ2) is 3.51. The lowest BCUT2D eigenvalue weighted by molar-refractivity contribution is -0.150. The van der Waals surface area contributed by atoms with Crippen molar-refractivity contribution in [2.24, 2.45) is 0 Å². The van der Waals surface area contributed by atoms with Crippen LogP contribution in [0.1, 0.15) is 13.8 Å². The van der Waals surface area contributed by atoms with E-state index in [9.17, 15) is 9.18 Å². The molecule has 0 saturated carbocycles. The number of rotatable bonds is 3. The molecule has 0 atom stereocenters. The van der Waals surface area contributed by atoms with E-state index in [-0.39, 0.29) is 6.61 Å². The summed E-state index contributed by atoms with van der Waals surface area (Å²) in [6.07, 6.45) is 0. The normalized spacial score (nSPS) is 11.2. The number of hydrogen-bond acceptors (Lipinski definition) is 3. The van der Waals surface area contributed by atoms with E-state index in [4.69, 9.17) is 5.11 Å². The maximum Gasteiger partial charge on any atom is 0.331 e. The number of aliphatic hydroxyl groups excluding tert-OH is 1. The van der Waals surface area contributed by atoms with Gasteiger partial charge in [-0.1, -0.05) is 0 Å². The molecule has 0 aliphatic carbocycles. The molecule has 0 saturated heterocycles.